The molecule has 0 unspecified atom stereocenters. The number of nitrogens with one attached hydrogen (secondary N) is 1. The second kappa shape index (κ2) is 12.5. The zero-order valence-corrected chi connectivity index (χ0v) is 30.0. The average Bonchev–Trinajstić information content (AvgIpc) is 3.45. The number of rotatable bonds is 6. The molecule has 0 radical (unpaired) electrons. The van der Waals surface area contributed by atoms with Gasteiger partial charge in [-0.1, -0.05) is 163 Å². The predicted molar refractivity (Wildman–Crippen MR) is 211 cm³/mol. The SMILES string of the molecule is CC(C)(C)c1cc(P(c2ccccc2)c2ccccc2)c2[nH]c3c(P(c4ccccc4)c4ccccc4)cc(C(C)(C)C)cc3c2c1. The van der Waals surface area contributed by atoms with Crippen molar-refractivity contribution in [3.05, 3.63) is 157 Å². The number of H-pyrrole nitrogens is 1. The third-order valence-electron chi connectivity index (χ3n) is 9.05. The van der Waals surface area contributed by atoms with Crippen molar-refractivity contribution in [2.75, 3.05) is 0 Å². The number of hydrogen-bond donors (Lipinski definition) is 1. The lowest BCUT2D eigenvalue weighted by atomic mass is 9.85. The van der Waals surface area contributed by atoms with Crippen LogP contribution in [-0.4, -0.2) is 4.98 Å². The van der Waals surface area contributed by atoms with Crippen molar-refractivity contribution in [1.29, 1.82) is 0 Å². The molecule has 1 N–H and O–H groups in total. The van der Waals surface area contributed by atoms with Crippen molar-refractivity contribution in [3.63, 3.8) is 0 Å². The van der Waals surface area contributed by atoms with Gasteiger partial charge in [-0.25, -0.2) is 0 Å². The third kappa shape index (κ3) is 6.21. The number of aromatic nitrogens is 1. The lowest BCUT2D eigenvalue weighted by molar-refractivity contribution is 0.591. The Labute approximate surface area is 282 Å². The van der Waals surface area contributed by atoms with Crippen LogP contribution in [0.3, 0.4) is 0 Å². The maximum atomic E-state index is 4.14. The number of fused-ring (bicyclic) bond motifs is 3. The van der Waals surface area contributed by atoms with Gasteiger partial charge in [-0.15, -0.1) is 0 Å². The summed E-state index contributed by atoms with van der Waals surface area (Å²) in [5.74, 6) is 0. The standard InChI is InChI=1S/C44H43NP2/c1-43(2,3)31-27-37-38-28-32(44(4,5)6)30-40(47(35-23-15-9-16-24-35)36-25-17-10-18-26-36)42(38)45-41(37)39(29-31)46(33-19-11-7-12-20-33)34-21-13-8-14-22-34/h7-30,45H,1-6H3. The Morgan fingerprint density at radius 2 is 0.660 bits per heavy atom. The summed E-state index contributed by atoms with van der Waals surface area (Å²) in [4.78, 5) is 4.14. The second-order valence-electron chi connectivity index (χ2n) is 14.5. The van der Waals surface area contributed by atoms with Crippen LogP contribution >= 0.6 is 15.8 Å². The summed E-state index contributed by atoms with van der Waals surface area (Å²) in [6, 6.07) is 54.4. The molecule has 1 heterocycles. The molecule has 0 aliphatic heterocycles. The Kier molecular flexibility index (Phi) is 8.42. The van der Waals surface area contributed by atoms with Crippen molar-refractivity contribution in [1.82, 2.24) is 4.98 Å². The third-order valence-corrected chi connectivity index (χ3v) is 14.0. The first-order valence-corrected chi connectivity index (χ1v) is 19.2. The molecule has 47 heavy (non-hydrogen) atoms. The molecule has 234 valence electrons. The van der Waals surface area contributed by atoms with Crippen LogP contribution in [0.25, 0.3) is 21.8 Å². The molecule has 0 aliphatic carbocycles. The van der Waals surface area contributed by atoms with Gasteiger partial charge in [-0.2, -0.15) is 0 Å². The van der Waals surface area contributed by atoms with E-state index >= 15 is 0 Å². The van der Waals surface area contributed by atoms with Crippen molar-refractivity contribution < 1.29 is 0 Å². The van der Waals surface area contributed by atoms with Crippen molar-refractivity contribution in [2.24, 2.45) is 0 Å². The molecule has 0 atom stereocenters. The summed E-state index contributed by atoms with van der Waals surface area (Å²) in [6.45, 7) is 14.1. The maximum Gasteiger partial charge on any atom is 0.0550 e. The summed E-state index contributed by atoms with van der Waals surface area (Å²) in [5.41, 5.74) is 5.25. The predicted octanol–water partition coefficient (Wildman–Crippen LogP) is 9.43. The zero-order chi connectivity index (χ0) is 32.8. The lowest BCUT2D eigenvalue weighted by Crippen LogP contribution is -2.24. The first kappa shape index (κ1) is 31.6. The normalized spacial score (nSPS) is 12.4. The second-order valence-corrected chi connectivity index (χ2v) is 18.8. The maximum absolute atomic E-state index is 4.14. The number of benzene rings is 6. The summed E-state index contributed by atoms with van der Waals surface area (Å²) in [5, 5.41) is 10.9. The van der Waals surface area contributed by atoms with Crippen molar-refractivity contribution >= 4 is 69.5 Å². The molecule has 0 spiro atoms. The van der Waals surface area contributed by atoms with Gasteiger partial charge < -0.3 is 4.98 Å². The largest absolute Gasteiger partial charge is 0.353 e. The van der Waals surface area contributed by atoms with Crippen LogP contribution in [0.2, 0.25) is 0 Å². The highest BCUT2D eigenvalue weighted by Gasteiger charge is 2.28. The molecule has 7 aromatic rings. The van der Waals surface area contributed by atoms with Crippen LogP contribution in [0.1, 0.15) is 52.7 Å². The van der Waals surface area contributed by atoms with Gasteiger partial charge in [0.25, 0.3) is 0 Å². The molecule has 0 amide bonds. The molecular formula is C44H43NP2. The quantitative estimate of drug-likeness (QED) is 0.173. The van der Waals surface area contributed by atoms with Gasteiger partial charge in [0.1, 0.15) is 0 Å². The van der Waals surface area contributed by atoms with E-state index in [1.165, 1.54) is 64.8 Å². The van der Waals surface area contributed by atoms with Crippen molar-refractivity contribution in [3.8, 4) is 0 Å². The number of hydrogen-bond acceptors (Lipinski definition) is 0. The van der Waals surface area contributed by atoms with E-state index in [1.54, 1.807) is 0 Å². The highest BCUT2D eigenvalue weighted by Crippen LogP contribution is 2.43. The fourth-order valence-electron chi connectivity index (χ4n) is 6.45. The van der Waals surface area contributed by atoms with Gasteiger partial charge in [0.15, 0.2) is 0 Å². The van der Waals surface area contributed by atoms with E-state index < -0.39 is 15.8 Å². The Hall–Kier alpha value is -4.02. The molecule has 0 saturated heterocycles. The molecule has 6 aromatic carbocycles. The monoisotopic (exact) mass is 647 g/mol. The van der Waals surface area contributed by atoms with E-state index in [-0.39, 0.29) is 10.8 Å². The van der Waals surface area contributed by atoms with Gasteiger partial charge in [-0.05, 0) is 83.3 Å². The van der Waals surface area contributed by atoms with E-state index in [1.807, 2.05) is 0 Å². The van der Waals surface area contributed by atoms with E-state index in [0.717, 1.165) is 0 Å². The summed E-state index contributed by atoms with van der Waals surface area (Å²) in [7, 11) is -1.63. The fourth-order valence-corrected chi connectivity index (χ4v) is 11.4. The lowest BCUT2D eigenvalue weighted by Gasteiger charge is -2.25. The van der Waals surface area contributed by atoms with Crippen LogP contribution in [0.4, 0.5) is 0 Å². The molecule has 3 heteroatoms. The fraction of sp³-hybridized carbons (Fsp3) is 0.182. The molecule has 0 aliphatic rings. The Morgan fingerprint density at radius 3 is 0.915 bits per heavy atom. The van der Waals surface area contributed by atoms with Gasteiger partial charge in [0, 0.05) is 21.4 Å². The van der Waals surface area contributed by atoms with Gasteiger partial charge in [0.05, 0.1) is 11.0 Å². The van der Waals surface area contributed by atoms with E-state index in [2.05, 4.69) is 192 Å². The Morgan fingerprint density at radius 1 is 0.383 bits per heavy atom. The summed E-state index contributed by atoms with van der Waals surface area (Å²) < 4.78 is 0. The minimum atomic E-state index is -0.815. The highest BCUT2D eigenvalue weighted by molar-refractivity contribution is 7.80. The smallest absolute Gasteiger partial charge is 0.0550 e. The van der Waals surface area contributed by atoms with Gasteiger partial charge in [-0.3, -0.25) is 0 Å². The first-order chi connectivity index (χ1) is 22.6. The van der Waals surface area contributed by atoms with E-state index in [0.29, 0.717) is 0 Å². The zero-order valence-electron chi connectivity index (χ0n) is 28.3. The van der Waals surface area contributed by atoms with Crippen LogP contribution in [0.5, 0.6) is 0 Å². The molecule has 0 saturated carbocycles. The van der Waals surface area contributed by atoms with Crippen LogP contribution in [0, 0.1) is 0 Å². The molecule has 0 fully saturated rings. The molecule has 0 bridgehead atoms. The average molecular weight is 648 g/mol. The minimum Gasteiger partial charge on any atom is -0.353 e. The van der Waals surface area contributed by atoms with Crippen LogP contribution in [-0.2, 0) is 10.8 Å². The topological polar surface area (TPSA) is 15.8 Å². The highest BCUT2D eigenvalue weighted by atomic mass is 31.1. The van der Waals surface area contributed by atoms with Crippen molar-refractivity contribution in [2.45, 2.75) is 52.4 Å². The van der Waals surface area contributed by atoms with E-state index in [9.17, 15) is 0 Å². The minimum absolute atomic E-state index is 0.00786. The molecule has 1 aromatic heterocycles. The Bertz CT molecular complexity index is 1900. The molecule has 1 nitrogen and oxygen atoms in total. The number of aromatic amines is 1. The summed E-state index contributed by atoms with van der Waals surface area (Å²) in [6.07, 6.45) is 0. The van der Waals surface area contributed by atoms with Crippen LogP contribution in [0.15, 0.2) is 146 Å². The molecule has 7 rings (SSSR count). The van der Waals surface area contributed by atoms with Crippen LogP contribution < -0.4 is 31.8 Å². The van der Waals surface area contributed by atoms with Gasteiger partial charge in [0.2, 0.25) is 0 Å². The molecular weight excluding hydrogens is 604 g/mol. The Balaban J connectivity index is 1.62. The summed E-state index contributed by atoms with van der Waals surface area (Å²) >= 11 is 0. The van der Waals surface area contributed by atoms with Gasteiger partial charge >= 0.3 is 0 Å². The first-order valence-electron chi connectivity index (χ1n) is 16.5. The van der Waals surface area contributed by atoms with E-state index in [4.69, 9.17) is 0 Å².